The van der Waals surface area contributed by atoms with E-state index in [9.17, 15) is 0 Å². The topological polar surface area (TPSA) is 18.5 Å². The second-order valence-electron chi connectivity index (χ2n) is 4.54. The Kier molecular flexibility index (Phi) is 1.59. The summed E-state index contributed by atoms with van der Waals surface area (Å²) >= 11 is 0. The number of fused-ring (bicyclic) bond motifs is 3. The van der Waals surface area contributed by atoms with Gasteiger partial charge in [-0.2, -0.15) is 0 Å². The summed E-state index contributed by atoms with van der Waals surface area (Å²) in [5.41, 5.74) is 0. The van der Waals surface area contributed by atoms with Gasteiger partial charge in [0.15, 0.2) is 5.79 Å². The van der Waals surface area contributed by atoms with Crippen molar-refractivity contribution < 1.29 is 9.47 Å². The fourth-order valence-electron chi connectivity index (χ4n) is 3.40. The molecule has 3 unspecified atom stereocenters. The molecule has 1 aliphatic heterocycles. The van der Waals surface area contributed by atoms with Crippen LogP contribution in [-0.2, 0) is 9.47 Å². The van der Waals surface area contributed by atoms with Crippen molar-refractivity contribution in [2.24, 2.45) is 17.8 Å². The van der Waals surface area contributed by atoms with Crippen LogP contribution >= 0.6 is 0 Å². The lowest BCUT2D eigenvalue weighted by Gasteiger charge is -2.34. The Balaban J connectivity index is 1.82. The zero-order chi connectivity index (χ0) is 8.89. The van der Waals surface area contributed by atoms with Gasteiger partial charge in [-0.1, -0.05) is 6.08 Å². The summed E-state index contributed by atoms with van der Waals surface area (Å²) in [6.07, 6.45) is 5.74. The van der Waals surface area contributed by atoms with Crippen molar-refractivity contribution in [1.82, 2.24) is 0 Å². The standard InChI is InChI=1S/C11H16O2/c1-2-8-5-10-6-9(8)7-11(10)12-3-4-13-11/h2,8-10H,1,3-7H2. The Morgan fingerprint density at radius 3 is 2.54 bits per heavy atom. The summed E-state index contributed by atoms with van der Waals surface area (Å²) in [4.78, 5) is 0. The Morgan fingerprint density at radius 1 is 1.23 bits per heavy atom. The van der Waals surface area contributed by atoms with Crippen molar-refractivity contribution in [2.75, 3.05) is 13.2 Å². The second kappa shape index (κ2) is 2.58. The summed E-state index contributed by atoms with van der Waals surface area (Å²) < 4.78 is 11.5. The lowest BCUT2D eigenvalue weighted by atomic mass is 9.85. The Bertz CT molecular complexity index is 230. The van der Waals surface area contributed by atoms with E-state index in [1.807, 2.05) is 0 Å². The van der Waals surface area contributed by atoms with Crippen LogP contribution in [0.2, 0.25) is 0 Å². The minimum Gasteiger partial charge on any atom is -0.347 e. The van der Waals surface area contributed by atoms with E-state index in [0.717, 1.165) is 31.5 Å². The lowest BCUT2D eigenvalue weighted by molar-refractivity contribution is -0.193. The quantitative estimate of drug-likeness (QED) is 0.574. The molecule has 3 aliphatic rings. The molecule has 0 amide bonds. The van der Waals surface area contributed by atoms with Crippen LogP contribution in [0.15, 0.2) is 12.7 Å². The summed E-state index contributed by atoms with van der Waals surface area (Å²) in [6.45, 7) is 5.48. The number of hydrogen-bond acceptors (Lipinski definition) is 2. The third-order valence-electron chi connectivity index (χ3n) is 4.00. The van der Waals surface area contributed by atoms with E-state index in [-0.39, 0.29) is 5.79 Å². The minimum absolute atomic E-state index is 0.163. The van der Waals surface area contributed by atoms with E-state index in [1.165, 1.54) is 12.8 Å². The molecule has 1 heterocycles. The molecule has 3 atom stereocenters. The molecule has 3 fully saturated rings. The van der Waals surface area contributed by atoms with Gasteiger partial charge in [0.25, 0.3) is 0 Å². The van der Waals surface area contributed by atoms with Gasteiger partial charge < -0.3 is 9.47 Å². The van der Waals surface area contributed by atoms with Gasteiger partial charge in [0.05, 0.1) is 13.2 Å². The molecule has 2 heteroatoms. The summed E-state index contributed by atoms with van der Waals surface area (Å²) in [5.74, 6) is 1.98. The van der Waals surface area contributed by atoms with Crippen LogP contribution in [0.5, 0.6) is 0 Å². The molecule has 2 aliphatic carbocycles. The number of hydrogen-bond donors (Lipinski definition) is 0. The maximum absolute atomic E-state index is 5.77. The van der Waals surface area contributed by atoms with Crippen molar-refractivity contribution in [3.05, 3.63) is 12.7 Å². The molecule has 2 bridgehead atoms. The van der Waals surface area contributed by atoms with E-state index in [2.05, 4.69) is 12.7 Å². The Morgan fingerprint density at radius 2 is 2.00 bits per heavy atom. The highest BCUT2D eigenvalue weighted by Crippen LogP contribution is 2.57. The van der Waals surface area contributed by atoms with Crippen molar-refractivity contribution in [2.45, 2.75) is 25.0 Å². The van der Waals surface area contributed by atoms with E-state index in [4.69, 9.17) is 9.47 Å². The molecule has 1 spiro atoms. The highest BCUT2D eigenvalue weighted by atomic mass is 16.7. The number of ether oxygens (including phenoxy) is 2. The highest BCUT2D eigenvalue weighted by molar-refractivity contribution is 5.06. The van der Waals surface area contributed by atoms with E-state index < -0.39 is 0 Å². The van der Waals surface area contributed by atoms with Crippen LogP contribution in [0, 0.1) is 17.8 Å². The maximum Gasteiger partial charge on any atom is 0.171 e. The van der Waals surface area contributed by atoms with Gasteiger partial charge in [-0.05, 0) is 24.7 Å². The molecule has 13 heavy (non-hydrogen) atoms. The summed E-state index contributed by atoms with van der Waals surface area (Å²) in [5, 5.41) is 0. The fourth-order valence-corrected chi connectivity index (χ4v) is 3.40. The molecule has 3 rings (SSSR count). The second-order valence-corrected chi connectivity index (χ2v) is 4.54. The first kappa shape index (κ1) is 8.01. The number of allylic oxidation sites excluding steroid dienone is 1. The van der Waals surface area contributed by atoms with Gasteiger partial charge in [-0.25, -0.2) is 0 Å². The van der Waals surface area contributed by atoms with E-state index in [0.29, 0.717) is 5.92 Å². The first-order valence-electron chi connectivity index (χ1n) is 5.24. The molecular formula is C11H16O2. The zero-order valence-electron chi connectivity index (χ0n) is 7.87. The first-order chi connectivity index (χ1) is 6.34. The SMILES string of the molecule is C=CC1CC2CC1CC21OCCO1. The molecule has 0 radical (unpaired) electrons. The van der Waals surface area contributed by atoms with Crippen LogP contribution in [0.4, 0.5) is 0 Å². The van der Waals surface area contributed by atoms with E-state index in [1.54, 1.807) is 0 Å². The number of rotatable bonds is 1. The average molecular weight is 180 g/mol. The molecule has 0 aromatic heterocycles. The average Bonchev–Trinajstić information content (AvgIpc) is 2.80. The largest absolute Gasteiger partial charge is 0.347 e. The third kappa shape index (κ3) is 0.960. The van der Waals surface area contributed by atoms with Gasteiger partial charge in [-0.15, -0.1) is 6.58 Å². The third-order valence-corrected chi connectivity index (χ3v) is 4.00. The summed E-state index contributed by atoms with van der Waals surface area (Å²) in [6, 6.07) is 0. The first-order valence-corrected chi connectivity index (χ1v) is 5.24. The normalized spacial score (nSPS) is 46.0. The molecule has 1 saturated heterocycles. The predicted molar refractivity (Wildman–Crippen MR) is 49.2 cm³/mol. The Hall–Kier alpha value is -0.340. The van der Waals surface area contributed by atoms with Gasteiger partial charge in [0, 0.05) is 12.3 Å². The van der Waals surface area contributed by atoms with Gasteiger partial charge in [0.1, 0.15) is 0 Å². The van der Waals surface area contributed by atoms with Gasteiger partial charge in [-0.3, -0.25) is 0 Å². The van der Waals surface area contributed by atoms with Crippen LogP contribution in [0.3, 0.4) is 0 Å². The van der Waals surface area contributed by atoms with Crippen molar-refractivity contribution in [3.63, 3.8) is 0 Å². The smallest absolute Gasteiger partial charge is 0.171 e. The molecule has 2 nitrogen and oxygen atoms in total. The van der Waals surface area contributed by atoms with Crippen molar-refractivity contribution >= 4 is 0 Å². The van der Waals surface area contributed by atoms with Crippen LogP contribution in [-0.4, -0.2) is 19.0 Å². The molecule has 0 N–H and O–H groups in total. The highest BCUT2D eigenvalue weighted by Gasteiger charge is 2.57. The fraction of sp³-hybridized carbons (Fsp3) is 0.818. The molecule has 72 valence electrons. The monoisotopic (exact) mass is 180 g/mol. The molecule has 0 aromatic rings. The zero-order valence-corrected chi connectivity index (χ0v) is 7.87. The summed E-state index contributed by atoms with van der Waals surface area (Å²) in [7, 11) is 0. The molecule has 2 saturated carbocycles. The van der Waals surface area contributed by atoms with Crippen LogP contribution < -0.4 is 0 Å². The van der Waals surface area contributed by atoms with E-state index >= 15 is 0 Å². The van der Waals surface area contributed by atoms with Gasteiger partial charge >= 0.3 is 0 Å². The predicted octanol–water partition coefficient (Wildman–Crippen LogP) is 1.96. The van der Waals surface area contributed by atoms with Gasteiger partial charge in [0.2, 0.25) is 0 Å². The van der Waals surface area contributed by atoms with Crippen molar-refractivity contribution in [1.29, 1.82) is 0 Å². The minimum atomic E-state index is -0.163. The molecule has 0 aromatic carbocycles. The molecular weight excluding hydrogens is 164 g/mol. The van der Waals surface area contributed by atoms with Crippen LogP contribution in [0.25, 0.3) is 0 Å². The van der Waals surface area contributed by atoms with Crippen molar-refractivity contribution in [3.8, 4) is 0 Å². The maximum atomic E-state index is 5.77. The lowest BCUT2D eigenvalue weighted by Crippen LogP contribution is -2.38. The Labute approximate surface area is 78.9 Å². The van der Waals surface area contributed by atoms with Crippen LogP contribution in [0.1, 0.15) is 19.3 Å².